The largest absolute Gasteiger partial charge is 0.351 e. The van der Waals surface area contributed by atoms with Gasteiger partial charge in [0.1, 0.15) is 16.6 Å². The number of halogens is 2. The van der Waals surface area contributed by atoms with Gasteiger partial charge < -0.3 is 20.1 Å². The molecule has 2 aliphatic rings. The highest BCUT2D eigenvalue weighted by molar-refractivity contribution is 7.89. The van der Waals surface area contributed by atoms with E-state index in [2.05, 4.69) is 15.0 Å². The number of aromatic amines is 1. The number of piperazine rings is 1. The van der Waals surface area contributed by atoms with E-state index in [1.807, 2.05) is 38.1 Å². The van der Waals surface area contributed by atoms with Crippen LogP contribution in [0.15, 0.2) is 53.4 Å². The van der Waals surface area contributed by atoms with Crippen molar-refractivity contribution in [3.05, 3.63) is 64.3 Å². The van der Waals surface area contributed by atoms with Crippen LogP contribution in [0.5, 0.6) is 0 Å². The predicted molar refractivity (Wildman–Crippen MR) is 161 cm³/mol. The summed E-state index contributed by atoms with van der Waals surface area (Å²) >= 11 is 12.0. The highest BCUT2D eigenvalue weighted by Crippen LogP contribution is 2.33. The molecule has 13 heteroatoms. The van der Waals surface area contributed by atoms with E-state index in [0.717, 1.165) is 10.9 Å². The zero-order valence-corrected chi connectivity index (χ0v) is 25.8. The maximum absolute atomic E-state index is 13.7. The van der Waals surface area contributed by atoms with Crippen LogP contribution in [0.25, 0.3) is 10.9 Å². The molecular weight excluding hydrogens is 601 g/mol. The van der Waals surface area contributed by atoms with Crippen LogP contribution in [0.4, 0.5) is 0 Å². The van der Waals surface area contributed by atoms with E-state index in [0.29, 0.717) is 30.1 Å². The quantitative estimate of drug-likeness (QED) is 0.330. The van der Waals surface area contributed by atoms with Crippen molar-refractivity contribution < 1.29 is 22.8 Å². The Bertz CT molecular complexity index is 1610. The van der Waals surface area contributed by atoms with E-state index in [-0.39, 0.29) is 52.2 Å². The lowest BCUT2D eigenvalue weighted by molar-refractivity contribution is -0.141. The van der Waals surface area contributed by atoms with Crippen LogP contribution in [-0.2, 0) is 19.6 Å². The normalized spacial score (nSPS) is 19.9. The summed E-state index contributed by atoms with van der Waals surface area (Å²) in [5, 5.41) is 4.08. The first-order valence-electron chi connectivity index (χ1n) is 13.8. The van der Waals surface area contributed by atoms with Gasteiger partial charge in [0.15, 0.2) is 0 Å². The minimum absolute atomic E-state index is 0.0448. The number of nitrogens with one attached hydrogen (secondary N) is 3. The fraction of sp³-hybridized carbons (Fsp3) is 0.414. The Kier molecular flexibility index (Phi) is 8.58. The molecule has 1 aromatic heterocycles. The number of aromatic nitrogens is 1. The fourth-order valence-electron chi connectivity index (χ4n) is 5.82. The molecular formula is C29H33Cl2N5O5S. The number of H-pyrrole nitrogens is 1. The second kappa shape index (κ2) is 11.9. The summed E-state index contributed by atoms with van der Waals surface area (Å²) in [4.78, 5) is 46.4. The standard InChI is InChI=1S/C29H33Cl2N5O5S/c1-16(2)10-25(33-27(37)24-11-18-6-4-5-7-23(18)32-24)29(39)36-15-20-13-21(36)14-35(20)28(38)17(3)34-42(40,41)26-9-8-19(30)12-22(26)31/h4-9,11-12,16-17,20-21,25,32,34H,10,13-15H2,1-3H3,(H,33,37)/t17-,20-,21-,25-/m0/s1. The van der Waals surface area contributed by atoms with Crippen molar-refractivity contribution in [2.45, 2.75) is 62.7 Å². The van der Waals surface area contributed by atoms with Crippen LogP contribution >= 0.6 is 23.2 Å². The Morgan fingerprint density at radius 2 is 1.64 bits per heavy atom. The Morgan fingerprint density at radius 3 is 2.26 bits per heavy atom. The van der Waals surface area contributed by atoms with E-state index in [9.17, 15) is 22.8 Å². The molecule has 2 fully saturated rings. The summed E-state index contributed by atoms with van der Waals surface area (Å²) in [5.41, 5.74) is 1.22. The lowest BCUT2D eigenvalue weighted by Gasteiger charge is -2.37. The van der Waals surface area contributed by atoms with E-state index >= 15 is 0 Å². The molecule has 0 unspecified atom stereocenters. The third-order valence-electron chi connectivity index (χ3n) is 7.78. The highest BCUT2D eigenvalue weighted by Gasteiger charge is 2.49. The van der Waals surface area contributed by atoms with Crippen molar-refractivity contribution >= 4 is 61.8 Å². The molecule has 5 rings (SSSR count). The smallest absolute Gasteiger partial charge is 0.268 e. The Morgan fingerprint density at radius 1 is 0.976 bits per heavy atom. The average molecular weight is 635 g/mol. The van der Waals surface area contributed by atoms with Crippen LogP contribution in [-0.4, -0.2) is 78.2 Å². The predicted octanol–water partition coefficient (Wildman–Crippen LogP) is 3.80. The molecule has 2 saturated heterocycles. The van der Waals surface area contributed by atoms with Gasteiger partial charge in [0, 0.05) is 29.0 Å². The maximum atomic E-state index is 13.7. The van der Waals surface area contributed by atoms with E-state index in [4.69, 9.17) is 23.2 Å². The first kappa shape index (κ1) is 30.3. The van der Waals surface area contributed by atoms with Crippen molar-refractivity contribution in [3.8, 4) is 0 Å². The zero-order valence-electron chi connectivity index (χ0n) is 23.4. The summed E-state index contributed by atoms with van der Waals surface area (Å²) in [5.74, 6) is -0.760. The number of para-hydroxylation sites is 1. The molecule has 10 nitrogen and oxygen atoms in total. The molecule has 0 radical (unpaired) electrons. The summed E-state index contributed by atoms with van der Waals surface area (Å²) in [6.45, 7) is 6.07. The second-order valence-electron chi connectivity index (χ2n) is 11.4. The molecule has 3 N–H and O–H groups in total. The number of amides is 3. The second-order valence-corrected chi connectivity index (χ2v) is 13.9. The average Bonchev–Trinajstić information content (AvgIpc) is 3.65. The van der Waals surface area contributed by atoms with Gasteiger partial charge >= 0.3 is 0 Å². The van der Waals surface area contributed by atoms with Crippen LogP contribution in [0.3, 0.4) is 0 Å². The van der Waals surface area contributed by atoms with Gasteiger partial charge in [-0.25, -0.2) is 8.42 Å². The Balaban J connectivity index is 1.23. The number of hydrogen-bond acceptors (Lipinski definition) is 5. The first-order valence-corrected chi connectivity index (χ1v) is 16.0. The van der Waals surface area contributed by atoms with Gasteiger partial charge in [-0.3, -0.25) is 14.4 Å². The molecule has 3 heterocycles. The molecule has 42 heavy (non-hydrogen) atoms. The topological polar surface area (TPSA) is 132 Å². The van der Waals surface area contributed by atoms with Crippen molar-refractivity contribution in [3.63, 3.8) is 0 Å². The molecule has 3 amide bonds. The van der Waals surface area contributed by atoms with Gasteiger partial charge in [0.25, 0.3) is 5.91 Å². The Labute approximate surface area is 254 Å². The number of nitrogens with zero attached hydrogens (tertiary/aromatic N) is 2. The van der Waals surface area contributed by atoms with Crippen molar-refractivity contribution in [1.82, 2.24) is 24.8 Å². The molecule has 0 aliphatic carbocycles. The summed E-state index contributed by atoms with van der Waals surface area (Å²) in [6, 6.07) is 11.1. The third kappa shape index (κ3) is 6.15. The summed E-state index contributed by atoms with van der Waals surface area (Å²) in [6.07, 6.45) is 1.05. The summed E-state index contributed by atoms with van der Waals surface area (Å²) in [7, 11) is -4.08. The van der Waals surface area contributed by atoms with Crippen LogP contribution in [0.2, 0.25) is 10.0 Å². The first-order chi connectivity index (χ1) is 19.8. The minimum Gasteiger partial charge on any atom is -0.351 e. The lowest BCUT2D eigenvalue weighted by atomic mass is 10.0. The zero-order chi connectivity index (χ0) is 30.3. The molecule has 2 aromatic carbocycles. The third-order valence-corrected chi connectivity index (χ3v) is 10.0. The number of carbonyl (C=O) groups is 3. The molecule has 0 spiro atoms. The number of carbonyl (C=O) groups excluding carboxylic acids is 3. The molecule has 224 valence electrons. The van der Waals surface area contributed by atoms with Crippen molar-refractivity contribution in [1.29, 1.82) is 0 Å². The lowest BCUT2D eigenvalue weighted by Crippen LogP contribution is -2.58. The van der Waals surface area contributed by atoms with Gasteiger partial charge in [-0.05, 0) is 56.0 Å². The van der Waals surface area contributed by atoms with Gasteiger partial charge in [-0.15, -0.1) is 0 Å². The molecule has 0 saturated carbocycles. The van der Waals surface area contributed by atoms with Crippen molar-refractivity contribution in [2.24, 2.45) is 5.92 Å². The number of sulfonamides is 1. The Hall–Kier alpha value is -3.12. The van der Waals surface area contributed by atoms with E-state index in [1.165, 1.54) is 25.1 Å². The van der Waals surface area contributed by atoms with Gasteiger partial charge in [0.2, 0.25) is 21.8 Å². The fourth-order valence-corrected chi connectivity index (χ4v) is 7.79. The van der Waals surface area contributed by atoms with Crippen LogP contribution in [0, 0.1) is 5.92 Å². The number of fused-ring (bicyclic) bond motifs is 3. The van der Waals surface area contributed by atoms with Crippen LogP contribution in [0.1, 0.15) is 44.1 Å². The minimum atomic E-state index is -4.08. The van der Waals surface area contributed by atoms with Gasteiger partial charge in [-0.2, -0.15) is 4.72 Å². The molecule has 4 atom stereocenters. The highest BCUT2D eigenvalue weighted by atomic mass is 35.5. The van der Waals surface area contributed by atoms with Gasteiger partial charge in [-0.1, -0.05) is 55.2 Å². The molecule has 3 aromatic rings. The molecule has 2 aliphatic heterocycles. The number of rotatable bonds is 9. The summed E-state index contributed by atoms with van der Waals surface area (Å²) < 4.78 is 28.2. The number of likely N-dealkylation sites (tertiary alicyclic amines) is 2. The van der Waals surface area contributed by atoms with Gasteiger partial charge in [0.05, 0.1) is 23.1 Å². The monoisotopic (exact) mass is 633 g/mol. The van der Waals surface area contributed by atoms with E-state index < -0.39 is 22.1 Å². The SMILES string of the molecule is CC(C)C[C@H](NC(=O)c1cc2ccccc2[nH]1)C(=O)N1C[C@@H]2C[C@H]1CN2C(=O)[C@H](C)NS(=O)(=O)c1ccc(Cl)cc1Cl. The number of benzene rings is 2. The maximum Gasteiger partial charge on any atom is 0.268 e. The van der Waals surface area contributed by atoms with E-state index in [1.54, 1.807) is 15.9 Å². The van der Waals surface area contributed by atoms with Crippen molar-refractivity contribution in [2.75, 3.05) is 13.1 Å². The molecule has 2 bridgehead atoms. The van der Waals surface area contributed by atoms with Crippen LogP contribution < -0.4 is 10.0 Å². The number of hydrogen-bond donors (Lipinski definition) is 3.